The molecular formula is C26H22F5N5O2. The summed E-state index contributed by atoms with van der Waals surface area (Å²) in [5.41, 5.74) is 0.0538. The summed E-state index contributed by atoms with van der Waals surface area (Å²) in [6.07, 6.45) is -2.48. The number of alkyl halides is 3. The molecule has 0 amide bonds. The van der Waals surface area contributed by atoms with Crippen molar-refractivity contribution in [2.45, 2.75) is 39.0 Å². The van der Waals surface area contributed by atoms with E-state index >= 15 is 0 Å². The van der Waals surface area contributed by atoms with E-state index in [0.29, 0.717) is 24.4 Å². The van der Waals surface area contributed by atoms with Crippen LogP contribution in [0.25, 0.3) is 22.6 Å². The van der Waals surface area contributed by atoms with Crippen molar-refractivity contribution in [1.82, 2.24) is 20.1 Å². The second kappa shape index (κ2) is 9.92. The molecule has 12 heteroatoms. The van der Waals surface area contributed by atoms with Crippen LogP contribution in [0.3, 0.4) is 0 Å². The maximum atomic E-state index is 14.2. The molecule has 1 atom stereocenters. The van der Waals surface area contributed by atoms with Crippen LogP contribution in [0.4, 0.5) is 22.0 Å². The zero-order valence-corrected chi connectivity index (χ0v) is 20.3. The van der Waals surface area contributed by atoms with Gasteiger partial charge in [-0.25, -0.2) is 13.8 Å². The highest BCUT2D eigenvalue weighted by atomic mass is 19.4. The predicted molar refractivity (Wildman–Crippen MR) is 128 cm³/mol. The number of aromatic nitrogens is 3. The first kappa shape index (κ1) is 25.4. The lowest BCUT2D eigenvalue weighted by Gasteiger charge is -2.25. The standard InChI is InChI=1S/C26H22F5N5O2/c1-3-9-37-15-7-8-16(18(10-15)26(29,30)31)20-11-23(38-35-20)14(2)36-13-22-21(12-32-36)33-25(34-22)17-5-4-6-19(27)24(17)28/h4-8,10-12,14H,3,9,13H2,1-2H3,(H,33,34)/t14-/m0/s1. The maximum Gasteiger partial charge on any atom is 0.417 e. The number of benzene rings is 2. The van der Waals surface area contributed by atoms with Gasteiger partial charge in [0.15, 0.2) is 17.4 Å². The molecule has 198 valence electrons. The summed E-state index contributed by atoms with van der Waals surface area (Å²) in [7, 11) is 0. The molecule has 0 saturated heterocycles. The number of ether oxygens (including phenoxy) is 1. The topological polar surface area (TPSA) is 79.5 Å². The average molecular weight is 531 g/mol. The van der Waals surface area contributed by atoms with Crippen LogP contribution in [0.2, 0.25) is 0 Å². The molecule has 0 aliphatic carbocycles. The van der Waals surface area contributed by atoms with E-state index < -0.39 is 29.4 Å². The van der Waals surface area contributed by atoms with E-state index in [9.17, 15) is 22.0 Å². The number of nitrogens with zero attached hydrogens (tertiary/aromatic N) is 4. The number of hydrogen-bond donors (Lipinski definition) is 1. The number of H-pyrrole nitrogens is 1. The second-order valence-electron chi connectivity index (χ2n) is 8.73. The van der Waals surface area contributed by atoms with E-state index in [4.69, 9.17) is 9.26 Å². The number of hydrazone groups is 1. The summed E-state index contributed by atoms with van der Waals surface area (Å²) >= 11 is 0. The fraction of sp³-hybridized carbons (Fsp3) is 0.269. The lowest BCUT2D eigenvalue weighted by Crippen LogP contribution is -2.24. The number of fused-ring (bicyclic) bond motifs is 1. The zero-order chi connectivity index (χ0) is 27.0. The first-order valence-electron chi connectivity index (χ1n) is 11.8. The Morgan fingerprint density at radius 3 is 2.71 bits per heavy atom. The van der Waals surface area contributed by atoms with Gasteiger partial charge in [-0.1, -0.05) is 18.1 Å². The number of nitrogens with one attached hydrogen (secondary N) is 1. The van der Waals surface area contributed by atoms with Crippen LogP contribution in [-0.2, 0) is 12.7 Å². The van der Waals surface area contributed by atoms with Crippen molar-refractivity contribution in [2.24, 2.45) is 5.10 Å². The third-order valence-corrected chi connectivity index (χ3v) is 6.10. The highest BCUT2D eigenvalue weighted by Gasteiger charge is 2.35. The summed E-state index contributed by atoms with van der Waals surface area (Å²) in [5.74, 6) is -1.44. The van der Waals surface area contributed by atoms with Crippen LogP contribution in [-0.4, -0.2) is 33.0 Å². The molecule has 1 aliphatic heterocycles. The van der Waals surface area contributed by atoms with Crippen LogP contribution < -0.4 is 4.74 Å². The molecule has 0 spiro atoms. The Labute approximate surface area is 213 Å². The highest BCUT2D eigenvalue weighted by Crippen LogP contribution is 2.40. The normalized spacial score (nSPS) is 14.0. The molecule has 0 saturated carbocycles. The molecule has 2 aromatic heterocycles. The smallest absolute Gasteiger partial charge is 0.417 e. The van der Waals surface area contributed by atoms with Gasteiger partial charge in [-0.15, -0.1) is 0 Å². The van der Waals surface area contributed by atoms with E-state index in [1.807, 2.05) is 6.92 Å². The van der Waals surface area contributed by atoms with E-state index in [2.05, 4.69) is 20.2 Å². The monoisotopic (exact) mass is 531 g/mol. The Morgan fingerprint density at radius 1 is 1.13 bits per heavy atom. The van der Waals surface area contributed by atoms with Crippen molar-refractivity contribution >= 4 is 6.21 Å². The zero-order valence-electron chi connectivity index (χ0n) is 20.3. The van der Waals surface area contributed by atoms with Crippen LogP contribution in [0, 0.1) is 11.6 Å². The fourth-order valence-corrected chi connectivity index (χ4v) is 4.08. The third-order valence-electron chi connectivity index (χ3n) is 6.10. The molecule has 5 rings (SSSR count). The van der Waals surface area contributed by atoms with Crippen LogP contribution in [0.1, 0.15) is 49.0 Å². The van der Waals surface area contributed by atoms with Crippen molar-refractivity contribution in [3.05, 3.63) is 76.8 Å². The highest BCUT2D eigenvalue weighted by molar-refractivity contribution is 5.81. The van der Waals surface area contributed by atoms with E-state index in [1.54, 1.807) is 11.9 Å². The number of aromatic amines is 1. The Kier molecular flexibility index (Phi) is 6.64. The van der Waals surface area contributed by atoms with Gasteiger partial charge in [-0.2, -0.15) is 18.3 Å². The molecule has 1 N–H and O–H groups in total. The SMILES string of the molecule is CCCOc1ccc(-c2cc([C@H](C)N3Cc4nc(-c5cccc(F)c5F)[nH]c4C=N3)on2)c(C(F)(F)F)c1. The Morgan fingerprint density at radius 2 is 1.95 bits per heavy atom. The number of imidazole rings is 1. The molecule has 0 unspecified atom stereocenters. The minimum atomic E-state index is -4.63. The van der Waals surface area contributed by atoms with Gasteiger partial charge in [0.25, 0.3) is 0 Å². The van der Waals surface area contributed by atoms with Crippen LogP contribution in [0.15, 0.2) is 52.1 Å². The molecule has 3 heterocycles. The van der Waals surface area contributed by atoms with Crippen molar-refractivity contribution in [3.63, 3.8) is 0 Å². The van der Waals surface area contributed by atoms with Crippen LogP contribution in [0.5, 0.6) is 5.75 Å². The first-order valence-corrected chi connectivity index (χ1v) is 11.8. The van der Waals surface area contributed by atoms with Crippen molar-refractivity contribution < 1.29 is 31.2 Å². The molecule has 7 nitrogen and oxygen atoms in total. The fourth-order valence-electron chi connectivity index (χ4n) is 4.08. The number of rotatable bonds is 7. The number of halogens is 5. The predicted octanol–water partition coefficient (Wildman–Crippen LogP) is 6.73. The Bertz CT molecular complexity index is 1490. The van der Waals surface area contributed by atoms with Gasteiger partial charge in [0, 0.05) is 11.6 Å². The lowest BCUT2D eigenvalue weighted by molar-refractivity contribution is -0.137. The molecule has 0 radical (unpaired) electrons. The van der Waals surface area contributed by atoms with Gasteiger partial charge in [-0.3, -0.25) is 5.01 Å². The summed E-state index contributed by atoms with van der Waals surface area (Å²) in [6.45, 7) is 4.10. The third kappa shape index (κ3) is 4.85. The van der Waals surface area contributed by atoms with Gasteiger partial charge < -0.3 is 14.2 Å². The molecule has 0 fully saturated rings. The molecule has 4 aromatic rings. The van der Waals surface area contributed by atoms with Gasteiger partial charge in [0.2, 0.25) is 0 Å². The summed E-state index contributed by atoms with van der Waals surface area (Å²) in [4.78, 5) is 7.33. The summed E-state index contributed by atoms with van der Waals surface area (Å²) in [5, 5.41) is 9.84. The van der Waals surface area contributed by atoms with Gasteiger partial charge >= 0.3 is 6.18 Å². The average Bonchev–Trinajstić information content (AvgIpc) is 3.55. The molecule has 2 aromatic carbocycles. The van der Waals surface area contributed by atoms with E-state index in [0.717, 1.165) is 12.1 Å². The quantitative estimate of drug-likeness (QED) is 0.268. The molecule has 38 heavy (non-hydrogen) atoms. The largest absolute Gasteiger partial charge is 0.494 e. The van der Waals surface area contributed by atoms with Crippen molar-refractivity contribution in [3.8, 4) is 28.4 Å². The minimum Gasteiger partial charge on any atom is -0.494 e. The molecular weight excluding hydrogens is 509 g/mol. The molecule has 1 aliphatic rings. The van der Waals surface area contributed by atoms with Gasteiger partial charge in [0.05, 0.1) is 41.9 Å². The summed E-state index contributed by atoms with van der Waals surface area (Å²) in [6, 6.07) is 8.45. The van der Waals surface area contributed by atoms with Gasteiger partial charge in [0.1, 0.15) is 23.3 Å². The second-order valence-corrected chi connectivity index (χ2v) is 8.73. The minimum absolute atomic E-state index is 0.0149. The van der Waals surface area contributed by atoms with Crippen molar-refractivity contribution in [2.75, 3.05) is 6.61 Å². The Balaban J connectivity index is 1.37. The van der Waals surface area contributed by atoms with Crippen LogP contribution >= 0.6 is 0 Å². The molecule has 0 bridgehead atoms. The number of hydrogen-bond acceptors (Lipinski definition) is 6. The maximum absolute atomic E-state index is 14.2. The lowest BCUT2D eigenvalue weighted by atomic mass is 10.0. The van der Waals surface area contributed by atoms with E-state index in [1.165, 1.54) is 36.5 Å². The Hall–Kier alpha value is -4.22. The van der Waals surface area contributed by atoms with Crippen molar-refractivity contribution in [1.29, 1.82) is 0 Å². The summed E-state index contributed by atoms with van der Waals surface area (Å²) < 4.78 is 80.1. The first-order chi connectivity index (χ1) is 18.2. The van der Waals surface area contributed by atoms with Gasteiger partial charge in [-0.05, 0) is 43.7 Å². The van der Waals surface area contributed by atoms with E-state index in [-0.39, 0.29) is 40.7 Å².